The monoisotopic (exact) mass is 822 g/mol. The third-order valence-electron chi connectivity index (χ3n) is 10.5. The standard InChI is InChI=1S/C41H54N6O12/c1-2-30-6-5-16-47(30)37(51)12-11-36(50)33-14-15-42-35-10-9-32(26-34(33)35)58-25-4-3-7-31(49)8-13-38(59-29-48)45-21-19-43(27-39(52)53)17-18-44(28-40(54)55)20-22-46(24-23-45)41(56)57/h1,9-10,14-15,26,29-30,38H,3-8,11-13,16-25,27-28H2,(H,52,53)(H,54,55)(H,56,57)/t30-,38?/m1/s1. The SMILES string of the molecule is C#C[C@@H]1CCCN1C(=O)CCC(=O)c1ccnc2ccc(OCCCCC(=O)CCC(OC=O)N3CCN(CC(=O)O)CCN(CC(=O)O)CCN(C(=O)O)CC3)cc12. The van der Waals surface area contributed by atoms with Gasteiger partial charge in [-0.15, -0.1) is 6.42 Å². The summed E-state index contributed by atoms with van der Waals surface area (Å²) in [4.78, 5) is 97.6. The summed E-state index contributed by atoms with van der Waals surface area (Å²) in [6, 6.07) is 6.66. The van der Waals surface area contributed by atoms with E-state index in [2.05, 4.69) is 10.9 Å². The molecule has 0 saturated carbocycles. The topological polar surface area (TPSA) is 228 Å². The van der Waals surface area contributed by atoms with Crippen molar-refractivity contribution in [1.82, 2.24) is 29.5 Å². The Morgan fingerprint density at radius 3 is 2.20 bits per heavy atom. The highest BCUT2D eigenvalue weighted by molar-refractivity contribution is 6.08. The molecule has 2 aliphatic heterocycles. The van der Waals surface area contributed by atoms with Gasteiger partial charge in [0.05, 0.1) is 31.3 Å². The van der Waals surface area contributed by atoms with Crippen LogP contribution in [0.25, 0.3) is 10.9 Å². The van der Waals surface area contributed by atoms with Crippen molar-refractivity contribution in [3.63, 3.8) is 0 Å². The molecule has 4 rings (SSSR count). The summed E-state index contributed by atoms with van der Waals surface area (Å²) >= 11 is 0. The van der Waals surface area contributed by atoms with E-state index in [1.165, 1.54) is 0 Å². The molecule has 1 unspecified atom stereocenters. The molecule has 3 heterocycles. The van der Waals surface area contributed by atoms with Crippen molar-refractivity contribution in [3.8, 4) is 18.1 Å². The van der Waals surface area contributed by atoms with Gasteiger partial charge in [-0.25, -0.2) is 4.79 Å². The van der Waals surface area contributed by atoms with Gasteiger partial charge in [0.1, 0.15) is 11.5 Å². The van der Waals surface area contributed by atoms with Gasteiger partial charge in [0.25, 0.3) is 6.47 Å². The number of rotatable bonds is 20. The van der Waals surface area contributed by atoms with Crippen LogP contribution in [0.1, 0.15) is 68.1 Å². The average Bonchev–Trinajstić information content (AvgIpc) is 3.69. The Morgan fingerprint density at radius 1 is 0.847 bits per heavy atom. The summed E-state index contributed by atoms with van der Waals surface area (Å²) in [5, 5.41) is 29.2. The van der Waals surface area contributed by atoms with Gasteiger partial charge in [-0.3, -0.25) is 48.5 Å². The highest BCUT2D eigenvalue weighted by Gasteiger charge is 2.28. The molecule has 2 saturated heterocycles. The second kappa shape index (κ2) is 23.7. The predicted octanol–water partition coefficient (Wildman–Crippen LogP) is 2.29. The number of carbonyl (C=O) groups excluding carboxylic acids is 4. The lowest BCUT2D eigenvalue weighted by atomic mass is 10.0. The van der Waals surface area contributed by atoms with Crippen LogP contribution >= 0.6 is 0 Å². The van der Waals surface area contributed by atoms with Crippen molar-refractivity contribution in [3.05, 3.63) is 36.0 Å². The third kappa shape index (κ3) is 14.9. The second-order valence-electron chi connectivity index (χ2n) is 14.6. The first kappa shape index (κ1) is 46.1. The molecule has 2 aromatic rings. The lowest BCUT2D eigenvalue weighted by molar-refractivity contribution is -0.146. The number of pyridine rings is 1. The molecule has 3 N–H and O–H groups in total. The Bertz CT molecular complexity index is 1840. The summed E-state index contributed by atoms with van der Waals surface area (Å²) in [6.45, 7) is 1.56. The first-order chi connectivity index (χ1) is 28.4. The zero-order valence-electron chi connectivity index (χ0n) is 33.2. The molecule has 0 bridgehead atoms. The van der Waals surface area contributed by atoms with Crippen molar-refractivity contribution >= 4 is 52.9 Å². The molecular weight excluding hydrogens is 768 g/mol. The fourth-order valence-corrected chi connectivity index (χ4v) is 7.31. The van der Waals surface area contributed by atoms with Crippen molar-refractivity contribution in [2.45, 2.75) is 70.1 Å². The third-order valence-corrected chi connectivity index (χ3v) is 10.5. The second-order valence-corrected chi connectivity index (χ2v) is 14.6. The van der Waals surface area contributed by atoms with E-state index in [0.717, 1.165) is 17.7 Å². The number of aromatic nitrogens is 1. The molecular formula is C41H54N6O12. The maximum Gasteiger partial charge on any atom is 0.407 e. The van der Waals surface area contributed by atoms with Crippen LogP contribution in [0.3, 0.4) is 0 Å². The van der Waals surface area contributed by atoms with E-state index in [1.54, 1.807) is 50.1 Å². The lowest BCUT2D eigenvalue weighted by Gasteiger charge is -2.35. The fourth-order valence-electron chi connectivity index (χ4n) is 7.31. The highest BCUT2D eigenvalue weighted by atomic mass is 16.5. The van der Waals surface area contributed by atoms with Crippen LogP contribution in [0.4, 0.5) is 4.79 Å². The Balaban J connectivity index is 1.27. The minimum atomic E-state index is -1.20. The van der Waals surface area contributed by atoms with E-state index >= 15 is 0 Å². The van der Waals surface area contributed by atoms with Gasteiger partial charge < -0.3 is 34.6 Å². The quantitative estimate of drug-likeness (QED) is 0.0753. The van der Waals surface area contributed by atoms with Crippen LogP contribution < -0.4 is 4.74 Å². The highest BCUT2D eigenvalue weighted by Crippen LogP contribution is 2.25. The summed E-state index contributed by atoms with van der Waals surface area (Å²) in [7, 11) is 0. The number of amides is 2. The van der Waals surface area contributed by atoms with Crippen molar-refractivity contribution in [2.75, 3.05) is 78.6 Å². The molecule has 18 heteroatoms. The molecule has 2 fully saturated rings. The van der Waals surface area contributed by atoms with Gasteiger partial charge in [-0.2, -0.15) is 0 Å². The van der Waals surface area contributed by atoms with E-state index in [-0.39, 0.29) is 128 Å². The van der Waals surface area contributed by atoms with Crippen molar-refractivity contribution in [2.24, 2.45) is 0 Å². The van der Waals surface area contributed by atoms with E-state index in [1.807, 2.05) is 0 Å². The number of carboxylic acid groups (broad SMARTS) is 3. The number of hydrogen-bond donors (Lipinski definition) is 3. The van der Waals surface area contributed by atoms with Crippen LogP contribution in [0.2, 0.25) is 0 Å². The molecule has 2 atom stereocenters. The van der Waals surface area contributed by atoms with Gasteiger partial charge in [-0.1, -0.05) is 5.92 Å². The van der Waals surface area contributed by atoms with Crippen LogP contribution in [-0.2, 0) is 28.7 Å². The predicted molar refractivity (Wildman–Crippen MR) is 213 cm³/mol. The number of fused-ring (bicyclic) bond motifs is 1. The number of carboxylic acids is 2. The molecule has 0 aliphatic carbocycles. The lowest BCUT2D eigenvalue weighted by Crippen LogP contribution is -2.51. The number of ketones is 2. The molecule has 2 amide bonds. The van der Waals surface area contributed by atoms with Gasteiger partial charge in [0.2, 0.25) is 5.91 Å². The smallest absolute Gasteiger partial charge is 0.407 e. The van der Waals surface area contributed by atoms with Gasteiger partial charge in [0.15, 0.2) is 12.0 Å². The first-order valence-electron chi connectivity index (χ1n) is 19.9. The number of carbonyl (C=O) groups is 7. The minimum absolute atomic E-state index is 0.00110. The summed E-state index contributed by atoms with van der Waals surface area (Å²) in [5.74, 6) is 0.620. The number of Topliss-reactive ketones (excluding diaryl/α,β-unsaturated/α-hetero) is 2. The number of aliphatic carboxylic acids is 2. The molecule has 1 aromatic heterocycles. The van der Waals surface area contributed by atoms with E-state index in [0.29, 0.717) is 48.2 Å². The number of ether oxygens (including phenoxy) is 2. The van der Waals surface area contributed by atoms with Crippen LogP contribution in [0.5, 0.6) is 5.75 Å². The Hall–Kier alpha value is -5.64. The summed E-state index contributed by atoms with van der Waals surface area (Å²) in [5.41, 5.74) is 1.05. The van der Waals surface area contributed by atoms with Crippen molar-refractivity contribution in [1.29, 1.82) is 0 Å². The van der Waals surface area contributed by atoms with E-state index < -0.39 is 24.3 Å². The molecule has 0 radical (unpaired) electrons. The molecule has 59 heavy (non-hydrogen) atoms. The Labute approximate surface area is 343 Å². The number of benzene rings is 1. The zero-order valence-corrected chi connectivity index (χ0v) is 33.2. The molecule has 2 aliphatic rings. The first-order valence-corrected chi connectivity index (χ1v) is 19.9. The van der Waals surface area contributed by atoms with E-state index in [9.17, 15) is 48.9 Å². The fraction of sp³-hybridized carbons (Fsp3) is 0.561. The van der Waals surface area contributed by atoms with Crippen molar-refractivity contribution < 1.29 is 58.4 Å². The molecule has 18 nitrogen and oxygen atoms in total. The maximum atomic E-state index is 13.2. The number of unbranched alkanes of at least 4 members (excludes halogenated alkanes) is 1. The van der Waals surface area contributed by atoms with E-state index in [4.69, 9.17) is 15.9 Å². The maximum absolute atomic E-state index is 13.2. The average molecular weight is 823 g/mol. The molecule has 320 valence electrons. The summed E-state index contributed by atoms with van der Waals surface area (Å²) in [6.07, 6.45) is 8.27. The van der Waals surface area contributed by atoms with Gasteiger partial charge in [0, 0.05) is 108 Å². The van der Waals surface area contributed by atoms with Gasteiger partial charge >= 0.3 is 18.0 Å². The zero-order chi connectivity index (χ0) is 42.7. The molecule has 1 aromatic carbocycles. The number of hydrogen-bond acceptors (Lipinski definition) is 13. The largest absolute Gasteiger partial charge is 0.494 e. The van der Waals surface area contributed by atoms with Gasteiger partial charge in [-0.05, 0) is 49.9 Å². The minimum Gasteiger partial charge on any atom is -0.494 e. The van der Waals surface area contributed by atoms with Crippen LogP contribution in [0, 0.1) is 12.3 Å². The number of likely N-dealkylation sites (tertiary alicyclic amines) is 1. The Kier molecular flexibility index (Phi) is 18.5. The Morgan fingerprint density at radius 2 is 1.53 bits per heavy atom. The normalized spacial score (nSPS) is 17.9. The van der Waals surface area contributed by atoms with Crippen LogP contribution in [-0.4, -0.2) is 178 Å². The molecule has 0 spiro atoms. The number of terminal acetylenes is 1. The summed E-state index contributed by atoms with van der Waals surface area (Å²) < 4.78 is 11.3. The number of nitrogens with zero attached hydrogens (tertiary/aromatic N) is 6. The van der Waals surface area contributed by atoms with Crippen LogP contribution in [0.15, 0.2) is 30.5 Å².